The van der Waals surface area contributed by atoms with Gasteiger partial charge in [0.25, 0.3) is 0 Å². The molecule has 21 heavy (non-hydrogen) atoms. The highest BCUT2D eigenvalue weighted by Crippen LogP contribution is 2.20. The Kier molecular flexibility index (Phi) is 3.66. The molecule has 3 aromatic rings. The molecule has 0 fully saturated rings. The van der Waals surface area contributed by atoms with Crippen molar-refractivity contribution < 1.29 is 9.53 Å². The second kappa shape index (κ2) is 5.61. The molecule has 0 spiro atoms. The zero-order valence-electron chi connectivity index (χ0n) is 11.2. The van der Waals surface area contributed by atoms with E-state index in [0.29, 0.717) is 22.3 Å². The molecule has 0 bridgehead atoms. The Balaban J connectivity index is 2.07. The van der Waals surface area contributed by atoms with Gasteiger partial charge in [-0.3, -0.25) is 0 Å². The van der Waals surface area contributed by atoms with E-state index in [2.05, 4.69) is 35.7 Å². The third-order valence-electron chi connectivity index (χ3n) is 2.97. The Morgan fingerprint density at radius 2 is 2.10 bits per heavy atom. The molecule has 6 nitrogen and oxygen atoms in total. The van der Waals surface area contributed by atoms with Crippen molar-refractivity contribution >= 4 is 33.1 Å². The summed E-state index contributed by atoms with van der Waals surface area (Å²) in [5.41, 5.74) is 2.39. The lowest BCUT2D eigenvalue weighted by molar-refractivity contribution is 0.0594. The fourth-order valence-electron chi connectivity index (χ4n) is 1.98. The minimum absolute atomic E-state index is 0.159. The number of carbonyl (C=O) groups is 1. The van der Waals surface area contributed by atoms with Crippen molar-refractivity contribution in [1.82, 2.24) is 19.7 Å². The van der Waals surface area contributed by atoms with Crippen LogP contribution in [0.25, 0.3) is 11.2 Å². The third-order valence-corrected chi connectivity index (χ3v) is 3.51. The Labute approximate surface area is 128 Å². The molecule has 2 aromatic heterocycles. The number of fused-ring (bicyclic) bond motifs is 1. The highest BCUT2D eigenvalue weighted by Gasteiger charge is 2.15. The van der Waals surface area contributed by atoms with Crippen molar-refractivity contribution in [3.05, 3.63) is 52.4 Å². The number of halogens is 1. The van der Waals surface area contributed by atoms with Crippen molar-refractivity contribution in [1.29, 1.82) is 0 Å². The van der Waals surface area contributed by atoms with Crippen LogP contribution < -0.4 is 0 Å². The zero-order valence-corrected chi connectivity index (χ0v) is 12.7. The molecule has 0 saturated heterocycles. The van der Waals surface area contributed by atoms with E-state index in [1.54, 1.807) is 4.68 Å². The molecule has 0 unspecified atom stereocenters. The summed E-state index contributed by atoms with van der Waals surface area (Å²) in [4.78, 5) is 20.1. The Hall–Kier alpha value is -2.28. The van der Waals surface area contributed by atoms with Crippen molar-refractivity contribution in [3.8, 4) is 0 Å². The van der Waals surface area contributed by atoms with Gasteiger partial charge in [0.1, 0.15) is 5.52 Å². The molecular formula is C14H11BrN4O2. The number of hydrogen-bond acceptors (Lipinski definition) is 5. The SMILES string of the molecule is COC(=O)c1cnc2c(Br)nn(Cc3ccccc3)c2n1. The fraction of sp³-hybridized carbons (Fsp3) is 0.143. The van der Waals surface area contributed by atoms with Gasteiger partial charge in [0.2, 0.25) is 0 Å². The van der Waals surface area contributed by atoms with Gasteiger partial charge in [-0.25, -0.2) is 19.4 Å². The topological polar surface area (TPSA) is 69.9 Å². The quantitative estimate of drug-likeness (QED) is 0.681. The summed E-state index contributed by atoms with van der Waals surface area (Å²) < 4.78 is 6.96. The molecule has 7 heteroatoms. The molecule has 0 saturated carbocycles. The minimum Gasteiger partial charge on any atom is -0.464 e. The molecule has 3 rings (SSSR count). The minimum atomic E-state index is -0.520. The van der Waals surface area contributed by atoms with Crippen LogP contribution in [0.1, 0.15) is 16.1 Å². The molecule has 2 heterocycles. The number of esters is 1. The summed E-state index contributed by atoms with van der Waals surface area (Å²) in [6, 6.07) is 9.87. The summed E-state index contributed by atoms with van der Waals surface area (Å²) in [5, 5.41) is 4.37. The number of ether oxygens (including phenoxy) is 1. The molecule has 0 N–H and O–H groups in total. The van der Waals surface area contributed by atoms with Crippen LogP contribution >= 0.6 is 15.9 Å². The number of rotatable bonds is 3. The first kappa shape index (κ1) is 13.7. The summed E-state index contributed by atoms with van der Waals surface area (Å²) in [6.45, 7) is 0.544. The average Bonchev–Trinajstić information content (AvgIpc) is 2.83. The number of carbonyl (C=O) groups excluding carboxylic acids is 1. The molecule has 0 atom stereocenters. The van der Waals surface area contributed by atoms with Crippen LogP contribution in [0.4, 0.5) is 0 Å². The van der Waals surface area contributed by atoms with Crippen molar-refractivity contribution in [3.63, 3.8) is 0 Å². The molecule has 106 valence electrons. The average molecular weight is 347 g/mol. The number of hydrogen-bond donors (Lipinski definition) is 0. The second-order valence-corrected chi connectivity index (χ2v) is 5.10. The van der Waals surface area contributed by atoms with E-state index >= 15 is 0 Å². The van der Waals surface area contributed by atoms with Crippen LogP contribution in [0.5, 0.6) is 0 Å². The number of methoxy groups -OCH3 is 1. The first-order chi connectivity index (χ1) is 10.2. The highest BCUT2D eigenvalue weighted by molar-refractivity contribution is 9.10. The lowest BCUT2D eigenvalue weighted by Crippen LogP contribution is -2.08. The van der Waals surface area contributed by atoms with E-state index in [4.69, 9.17) is 0 Å². The van der Waals surface area contributed by atoms with Crippen molar-refractivity contribution in [2.24, 2.45) is 0 Å². The fourth-order valence-corrected chi connectivity index (χ4v) is 2.45. The van der Waals surface area contributed by atoms with Gasteiger partial charge in [0.15, 0.2) is 15.9 Å². The molecule has 0 aliphatic carbocycles. The highest BCUT2D eigenvalue weighted by atomic mass is 79.9. The van der Waals surface area contributed by atoms with Crippen molar-refractivity contribution in [2.45, 2.75) is 6.54 Å². The van der Waals surface area contributed by atoms with Gasteiger partial charge >= 0.3 is 5.97 Å². The van der Waals surface area contributed by atoms with Gasteiger partial charge < -0.3 is 4.74 Å². The van der Waals surface area contributed by atoms with E-state index in [1.807, 2.05) is 30.3 Å². The van der Waals surface area contributed by atoms with Crippen LogP contribution in [-0.2, 0) is 11.3 Å². The van der Waals surface area contributed by atoms with Gasteiger partial charge in [-0.05, 0) is 21.5 Å². The summed E-state index contributed by atoms with van der Waals surface area (Å²) in [7, 11) is 1.31. The first-order valence-corrected chi connectivity index (χ1v) is 6.99. The second-order valence-electron chi connectivity index (χ2n) is 4.35. The lowest BCUT2D eigenvalue weighted by Gasteiger charge is -2.03. The van der Waals surface area contributed by atoms with Gasteiger partial charge in [-0.2, -0.15) is 5.10 Å². The van der Waals surface area contributed by atoms with Gasteiger partial charge in [-0.1, -0.05) is 30.3 Å². The molecule has 0 radical (unpaired) electrons. The molecule has 1 aromatic carbocycles. The largest absolute Gasteiger partial charge is 0.464 e. The predicted molar refractivity (Wildman–Crippen MR) is 79.9 cm³/mol. The van der Waals surface area contributed by atoms with Crippen LogP contribution in [-0.4, -0.2) is 32.8 Å². The predicted octanol–water partition coefficient (Wildman–Crippen LogP) is 2.42. The van der Waals surface area contributed by atoms with E-state index < -0.39 is 5.97 Å². The lowest BCUT2D eigenvalue weighted by atomic mass is 10.2. The van der Waals surface area contributed by atoms with E-state index in [-0.39, 0.29) is 5.69 Å². The maximum Gasteiger partial charge on any atom is 0.358 e. The van der Waals surface area contributed by atoms with Crippen molar-refractivity contribution in [2.75, 3.05) is 7.11 Å². The van der Waals surface area contributed by atoms with Crippen LogP contribution in [0.3, 0.4) is 0 Å². The molecule has 0 aliphatic heterocycles. The third kappa shape index (κ3) is 2.64. The van der Waals surface area contributed by atoms with Crippen LogP contribution in [0, 0.1) is 0 Å². The Morgan fingerprint density at radius 1 is 1.33 bits per heavy atom. The molecule has 0 amide bonds. The van der Waals surface area contributed by atoms with Gasteiger partial charge in [0.05, 0.1) is 19.9 Å². The monoisotopic (exact) mass is 346 g/mol. The maximum absolute atomic E-state index is 11.6. The number of aromatic nitrogens is 4. The number of nitrogens with zero attached hydrogens (tertiary/aromatic N) is 4. The normalized spacial score (nSPS) is 10.8. The van der Waals surface area contributed by atoms with Crippen LogP contribution in [0.15, 0.2) is 41.1 Å². The Bertz CT molecular complexity index is 801. The van der Waals surface area contributed by atoms with Gasteiger partial charge in [-0.15, -0.1) is 0 Å². The summed E-state index contributed by atoms with van der Waals surface area (Å²) in [6.07, 6.45) is 1.38. The van der Waals surface area contributed by atoms with E-state index in [0.717, 1.165) is 5.56 Å². The van der Waals surface area contributed by atoms with Gasteiger partial charge in [0, 0.05) is 0 Å². The first-order valence-electron chi connectivity index (χ1n) is 6.20. The molecule has 0 aliphatic rings. The summed E-state index contributed by atoms with van der Waals surface area (Å²) >= 11 is 3.36. The number of benzene rings is 1. The standard InChI is InChI=1S/C14H11BrN4O2/c1-21-14(20)10-7-16-11-12(15)18-19(13(11)17-10)8-9-5-3-2-4-6-9/h2-7H,8H2,1H3. The Morgan fingerprint density at radius 3 is 2.81 bits per heavy atom. The van der Waals surface area contributed by atoms with E-state index in [1.165, 1.54) is 13.3 Å². The maximum atomic E-state index is 11.6. The summed E-state index contributed by atoms with van der Waals surface area (Å²) in [5.74, 6) is -0.520. The zero-order chi connectivity index (χ0) is 14.8. The smallest absolute Gasteiger partial charge is 0.358 e. The molecular weight excluding hydrogens is 336 g/mol. The van der Waals surface area contributed by atoms with E-state index in [9.17, 15) is 4.79 Å². The van der Waals surface area contributed by atoms with Crippen LogP contribution in [0.2, 0.25) is 0 Å².